The van der Waals surface area contributed by atoms with Gasteiger partial charge in [-0.25, -0.2) is 18.0 Å². The SMILES string of the molecule is C=CC(=O)N1CCN(c2nc(=O)n3c4c(c(-c5c(F)cc(F)cc5F)c(Cl)cc24)SC[C@@H]3CN2CCN(CC)CC2)[C@@H](C)C1. The van der Waals surface area contributed by atoms with E-state index in [1.807, 2.05) is 11.8 Å². The van der Waals surface area contributed by atoms with E-state index in [-0.39, 0.29) is 28.6 Å². The van der Waals surface area contributed by atoms with Gasteiger partial charge in [-0.15, -0.1) is 11.8 Å². The topological polar surface area (TPSA) is 64.9 Å². The molecule has 1 amide bonds. The van der Waals surface area contributed by atoms with Gasteiger partial charge in [0.25, 0.3) is 0 Å². The maximum atomic E-state index is 15.2. The molecule has 3 aromatic rings. The highest BCUT2D eigenvalue weighted by Gasteiger charge is 2.35. The Labute approximate surface area is 263 Å². The van der Waals surface area contributed by atoms with E-state index in [9.17, 15) is 14.0 Å². The van der Waals surface area contributed by atoms with Gasteiger partial charge in [0.05, 0.1) is 22.1 Å². The maximum absolute atomic E-state index is 15.2. The van der Waals surface area contributed by atoms with Gasteiger partial charge in [-0.05, 0) is 25.6 Å². The standard InChI is InChI=1S/C31H34ClF3N6O2S/c1-4-25(42)39-10-11-40(18(3)15-39)30-21-14-22(32)26(27-23(34)12-19(33)13-24(27)35)29-28(21)41(31(43)36-30)20(17-44-29)16-38-8-6-37(5-2)7-9-38/h4,12-14,18,20H,1,5-11,15-17H2,2-3H3/t18-,20-/m0/s1. The lowest BCUT2D eigenvalue weighted by Gasteiger charge is -2.41. The van der Waals surface area contributed by atoms with Crippen molar-refractivity contribution in [2.75, 3.05) is 69.6 Å². The Kier molecular flexibility index (Phi) is 8.71. The first-order valence-corrected chi connectivity index (χ1v) is 16.2. The summed E-state index contributed by atoms with van der Waals surface area (Å²) in [6.07, 6.45) is 1.28. The van der Waals surface area contributed by atoms with Crippen molar-refractivity contribution in [3.05, 3.63) is 63.8 Å². The van der Waals surface area contributed by atoms with Crippen molar-refractivity contribution in [1.82, 2.24) is 24.3 Å². The number of carbonyl (C=O) groups excluding carboxylic acids is 1. The zero-order chi connectivity index (χ0) is 31.3. The van der Waals surface area contributed by atoms with Gasteiger partial charge in [-0.3, -0.25) is 14.3 Å². The Balaban J connectivity index is 1.51. The number of rotatable bonds is 6. The van der Waals surface area contributed by atoms with Crippen molar-refractivity contribution in [1.29, 1.82) is 0 Å². The molecular weight excluding hydrogens is 613 g/mol. The average molecular weight is 647 g/mol. The lowest BCUT2D eigenvalue weighted by atomic mass is 10.0. The van der Waals surface area contributed by atoms with Gasteiger partial charge in [0.2, 0.25) is 5.91 Å². The molecule has 0 bridgehead atoms. The lowest BCUT2D eigenvalue weighted by Crippen LogP contribution is -2.54. The highest BCUT2D eigenvalue weighted by molar-refractivity contribution is 7.99. The van der Waals surface area contributed by atoms with Crippen LogP contribution in [0.25, 0.3) is 22.0 Å². The molecule has 3 aliphatic heterocycles. The minimum atomic E-state index is -1.07. The molecule has 2 saturated heterocycles. The molecule has 0 spiro atoms. The lowest BCUT2D eigenvalue weighted by molar-refractivity contribution is -0.126. The van der Waals surface area contributed by atoms with Gasteiger partial charge < -0.3 is 14.7 Å². The number of hydrogen-bond donors (Lipinski definition) is 0. The van der Waals surface area contributed by atoms with Crippen LogP contribution in [0.2, 0.25) is 5.02 Å². The van der Waals surface area contributed by atoms with E-state index >= 15 is 8.78 Å². The molecule has 4 heterocycles. The van der Waals surface area contributed by atoms with Gasteiger partial charge in [-0.1, -0.05) is 25.1 Å². The Morgan fingerprint density at radius 3 is 2.39 bits per heavy atom. The molecule has 0 unspecified atom stereocenters. The van der Waals surface area contributed by atoms with Crippen molar-refractivity contribution in [2.45, 2.75) is 30.8 Å². The van der Waals surface area contributed by atoms with Crippen LogP contribution < -0.4 is 10.6 Å². The first-order valence-electron chi connectivity index (χ1n) is 14.8. The summed E-state index contributed by atoms with van der Waals surface area (Å²) in [5, 5.41) is 0.652. The molecule has 234 valence electrons. The second-order valence-electron chi connectivity index (χ2n) is 11.5. The number of thioether (sulfide) groups is 1. The quantitative estimate of drug-likeness (QED) is 0.362. The van der Waals surface area contributed by atoms with Crippen molar-refractivity contribution >= 4 is 46.0 Å². The summed E-state index contributed by atoms with van der Waals surface area (Å²) in [5.41, 5.74) is -0.296. The van der Waals surface area contributed by atoms with Crippen molar-refractivity contribution in [3.63, 3.8) is 0 Å². The van der Waals surface area contributed by atoms with Crippen LogP contribution in [0.3, 0.4) is 0 Å². The fourth-order valence-electron chi connectivity index (χ4n) is 6.61. The number of hydrogen-bond acceptors (Lipinski definition) is 7. The van der Waals surface area contributed by atoms with Crippen LogP contribution in [-0.4, -0.2) is 101 Å². The largest absolute Gasteiger partial charge is 0.350 e. The molecule has 2 aromatic carbocycles. The molecule has 44 heavy (non-hydrogen) atoms. The smallest absolute Gasteiger partial charge is 0.350 e. The molecule has 1 aromatic heterocycles. The van der Waals surface area contributed by atoms with Crippen molar-refractivity contribution in [3.8, 4) is 11.1 Å². The van der Waals surface area contributed by atoms with E-state index in [4.69, 9.17) is 11.6 Å². The fourth-order valence-corrected chi connectivity index (χ4v) is 8.28. The Hall–Kier alpha value is -3.06. The van der Waals surface area contributed by atoms with E-state index in [1.54, 1.807) is 15.5 Å². The number of aromatic nitrogens is 2. The number of amides is 1. The van der Waals surface area contributed by atoms with E-state index in [1.165, 1.54) is 17.8 Å². The van der Waals surface area contributed by atoms with Crippen LogP contribution >= 0.6 is 23.4 Å². The van der Waals surface area contributed by atoms with Crippen LogP contribution in [0.4, 0.5) is 19.0 Å². The average Bonchev–Trinajstić information content (AvgIpc) is 3.00. The third-order valence-corrected chi connectivity index (χ3v) is 10.4. The molecule has 8 nitrogen and oxygen atoms in total. The molecule has 6 rings (SSSR count). The van der Waals surface area contributed by atoms with Crippen molar-refractivity contribution in [2.24, 2.45) is 0 Å². The highest BCUT2D eigenvalue weighted by atomic mass is 35.5. The van der Waals surface area contributed by atoms with Crippen LogP contribution in [0.15, 0.2) is 40.5 Å². The first kappa shape index (κ1) is 30.9. The van der Waals surface area contributed by atoms with E-state index in [0.717, 1.165) is 32.7 Å². The minimum absolute atomic E-state index is 0.0694. The van der Waals surface area contributed by atoms with Crippen LogP contribution in [0.5, 0.6) is 0 Å². The van der Waals surface area contributed by atoms with Gasteiger partial charge >= 0.3 is 5.69 Å². The second kappa shape index (κ2) is 12.4. The second-order valence-corrected chi connectivity index (χ2v) is 13.0. The van der Waals surface area contributed by atoms with Gasteiger partial charge in [0, 0.05) is 92.1 Å². The molecule has 3 aliphatic rings. The van der Waals surface area contributed by atoms with Gasteiger partial charge in [0.15, 0.2) is 0 Å². The number of carbonyl (C=O) groups is 1. The van der Waals surface area contributed by atoms with Gasteiger partial charge in [0.1, 0.15) is 23.3 Å². The third kappa shape index (κ3) is 5.50. The molecule has 0 N–H and O–H groups in total. The number of halogens is 4. The molecule has 0 aliphatic carbocycles. The maximum Gasteiger partial charge on any atom is 0.350 e. The highest BCUT2D eigenvalue weighted by Crippen LogP contribution is 2.49. The normalized spacial score (nSPS) is 21.2. The summed E-state index contributed by atoms with van der Waals surface area (Å²) in [4.78, 5) is 39.7. The third-order valence-electron chi connectivity index (χ3n) is 8.91. The minimum Gasteiger partial charge on any atom is -0.350 e. The molecule has 0 radical (unpaired) electrons. The van der Waals surface area contributed by atoms with Gasteiger partial charge in [-0.2, -0.15) is 4.98 Å². The first-order chi connectivity index (χ1) is 21.1. The molecule has 2 fully saturated rings. The summed E-state index contributed by atoms with van der Waals surface area (Å²) in [6, 6.07) is 2.44. The fraction of sp³-hybridized carbons (Fsp3) is 0.452. The summed E-state index contributed by atoms with van der Waals surface area (Å²) in [5.74, 6) is -2.47. The summed E-state index contributed by atoms with van der Waals surface area (Å²) >= 11 is 8.21. The molecule has 13 heteroatoms. The Morgan fingerprint density at radius 2 is 1.75 bits per heavy atom. The van der Waals surface area contributed by atoms with Crippen LogP contribution in [0.1, 0.15) is 19.9 Å². The molecule has 2 atom stereocenters. The summed E-state index contributed by atoms with van der Waals surface area (Å²) < 4.78 is 45.9. The van der Waals surface area contributed by atoms with E-state index in [2.05, 4.69) is 28.3 Å². The predicted molar refractivity (Wildman–Crippen MR) is 168 cm³/mol. The van der Waals surface area contributed by atoms with Crippen LogP contribution in [0, 0.1) is 17.5 Å². The Morgan fingerprint density at radius 1 is 1.07 bits per heavy atom. The van der Waals surface area contributed by atoms with Crippen LogP contribution in [-0.2, 0) is 4.79 Å². The summed E-state index contributed by atoms with van der Waals surface area (Å²) in [7, 11) is 0. The monoisotopic (exact) mass is 646 g/mol. The summed E-state index contributed by atoms with van der Waals surface area (Å²) in [6.45, 7) is 14.1. The van der Waals surface area contributed by atoms with Crippen molar-refractivity contribution < 1.29 is 18.0 Å². The zero-order valence-corrected chi connectivity index (χ0v) is 26.2. The van der Waals surface area contributed by atoms with E-state index in [0.29, 0.717) is 65.7 Å². The predicted octanol–water partition coefficient (Wildman–Crippen LogP) is 4.64. The zero-order valence-electron chi connectivity index (χ0n) is 24.7. The molecule has 0 saturated carbocycles. The number of benzene rings is 2. The van der Waals surface area contributed by atoms with E-state index < -0.39 is 28.7 Å². The molecular formula is C31H34ClF3N6O2S. The number of nitrogens with zero attached hydrogens (tertiary/aromatic N) is 6. The number of anilines is 1. The number of likely N-dealkylation sites (N-methyl/N-ethyl adjacent to an activating group) is 1. The Bertz CT molecular complexity index is 1670. The number of piperazine rings is 2.